The zero-order valence-corrected chi connectivity index (χ0v) is 14.2. The summed E-state index contributed by atoms with van der Waals surface area (Å²) in [4.78, 5) is 14.5. The Kier molecular flexibility index (Phi) is 5.82. The molecule has 140 valence electrons. The number of amides is 1. The molecule has 1 aromatic heterocycles. The van der Waals surface area contributed by atoms with Crippen molar-refractivity contribution in [1.82, 2.24) is 14.7 Å². The lowest BCUT2D eigenvalue weighted by atomic mass is 9.94. The average molecular weight is 365 g/mol. The molecule has 1 aliphatic heterocycles. The van der Waals surface area contributed by atoms with Gasteiger partial charge in [-0.25, -0.2) is 0 Å². The van der Waals surface area contributed by atoms with Crippen LogP contribution in [0.1, 0.15) is 34.8 Å². The number of piperidine rings is 1. The zero-order chi connectivity index (χ0) is 18.5. The van der Waals surface area contributed by atoms with Crippen molar-refractivity contribution in [2.45, 2.75) is 31.9 Å². The van der Waals surface area contributed by atoms with Crippen molar-refractivity contribution in [3.63, 3.8) is 0 Å². The first kappa shape index (κ1) is 18.3. The molecule has 1 amide bonds. The fraction of sp³-hybridized carbons (Fsp3) is 0.444. The first-order valence-electron chi connectivity index (χ1n) is 8.55. The van der Waals surface area contributed by atoms with Gasteiger partial charge >= 0.3 is 6.61 Å². The van der Waals surface area contributed by atoms with Crippen LogP contribution in [0.2, 0.25) is 0 Å². The molecule has 2 heterocycles. The second-order valence-corrected chi connectivity index (χ2v) is 6.22. The van der Waals surface area contributed by atoms with Gasteiger partial charge in [-0.3, -0.25) is 9.48 Å². The van der Waals surface area contributed by atoms with Gasteiger partial charge in [0.05, 0.1) is 18.8 Å². The molecule has 8 heteroatoms. The standard InChI is InChI=1S/C18H21F2N3O3/c19-18(20)26-15-5-1-3-13(11-15)17(25)22-7-2-4-14(12-22)16-6-8-23(21-16)9-10-24/h1,3,5-6,8,11,14,18,24H,2,4,7,9-10,12H2/t14-/m0/s1. The molecule has 1 atom stereocenters. The SMILES string of the molecule is O=C(c1cccc(OC(F)F)c1)N1CCC[C@H](c2ccn(CCO)n2)C1. The van der Waals surface area contributed by atoms with Crippen LogP contribution in [0.4, 0.5) is 8.78 Å². The highest BCUT2D eigenvalue weighted by molar-refractivity contribution is 5.94. The number of rotatable bonds is 6. The number of nitrogens with zero attached hydrogens (tertiary/aromatic N) is 3. The summed E-state index contributed by atoms with van der Waals surface area (Å²) in [5.41, 5.74) is 1.22. The first-order chi connectivity index (χ1) is 12.6. The molecule has 1 aliphatic rings. The van der Waals surface area contributed by atoms with Crippen molar-refractivity contribution < 1.29 is 23.4 Å². The summed E-state index contributed by atoms with van der Waals surface area (Å²) in [5.74, 6) is -0.112. The van der Waals surface area contributed by atoms with Gasteiger partial charge in [-0.05, 0) is 37.1 Å². The summed E-state index contributed by atoms with van der Waals surface area (Å²) in [6, 6.07) is 7.78. The third kappa shape index (κ3) is 4.37. The van der Waals surface area contributed by atoms with Gasteiger partial charge in [0.1, 0.15) is 5.75 Å². The number of carbonyl (C=O) groups excluding carboxylic acids is 1. The number of hydrogen-bond donors (Lipinski definition) is 1. The van der Waals surface area contributed by atoms with Crippen molar-refractivity contribution in [3.05, 3.63) is 47.8 Å². The maximum atomic E-state index is 12.7. The minimum Gasteiger partial charge on any atom is -0.435 e. The Labute approximate surface area is 150 Å². The van der Waals surface area contributed by atoms with E-state index in [1.165, 1.54) is 18.2 Å². The van der Waals surface area contributed by atoms with E-state index in [1.54, 1.807) is 15.6 Å². The Morgan fingerprint density at radius 3 is 3.00 bits per heavy atom. The van der Waals surface area contributed by atoms with E-state index >= 15 is 0 Å². The van der Waals surface area contributed by atoms with Crippen LogP contribution in [0, 0.1) is 0 Å². The van der Waals surface area contributed by atoms with E-state index in [0.717, 1.165) is 18.5 Å². The number of hydrogen-bond acceptors (Lipinski definition) is 4. The van der Waals surface area contributed by atoms with Gasteiger partial charge in [0.25, 0.3) is 5.91 Å². The molecule has 0 spiro atoms. The lowest BCUT2D eigenvalue weighted by Crippen LogP contribution is -2.39. The second kappa shape index (κ2) is 8.27. The molecule has 2 aromatic rings. The zero-order valence-electron chi connectivity index (χ0n) is 14.2. The van der Waals surface area contributed by atoms with Gasteiger partial charge in [-0.15, -0.1) is 0 Å². The van der Waals surface area contributed by atoms with Gasteiger partial charge in [-0.1, -0.05) is 6.07 Å². The molecule has 0 saturated carbocycles. The Bertz CT molecular complexity index is 751. The monoisotopic (exact) mass is 365 g/mol. The van der Waals surface area contributed by atoms with Crippen molar-refractivity contribution in [2.75, 3.05) is 19.7 Å². The smallest absolute Gasteiger partial charge is 0.387 e. The Hall–Kier alpha value is -2.48. The van der Waals surface area contributed by atoms with Crippen molar-refractivity contribution in [3.8, 4) is 5.75 Å². The van der Waals surface area contributed by atoms with E-state index in [-0.39, 0.29) is 24.2 Å². The summed E-state index contributed by atoms with van der Waals surface area (Å²) < 4.78 is 30.8. The molecule has 0 bridgehead atoms. The maximum absolute atomic E-state index is 12.7. The molecule has 1 N–H and O–H groups in total. The second-order valence-electron chi connectivity index (χ2n) is 6.22. The molecule has 3 rings (SSSR count). The quantitative estimate of drug-likeness (QED) is 0.854. The highest BCUT2D eigenvalue weighted by Gasteiger charge is 2.27. The molecule has 0 unspecified atom stereocenters. The number of benzene rings is 1. The van der Waals surface area contributed by atoms with Crippen molar-refractivity contribution in [1.29, 1.82) is 0 Å². The molecule has 6 nitrogen and oxygen atoms in total. The fourth-order valence-electron chi connectivity index (χ4n) is 3.21. The highest BCUT2D eigenvalue weighted by Crippen LogP contribution is 2.27. The summed E-state index contributed by atoms with van der Waals surface area (Å²) in [6.45, 7) is -1.32. The van der Waals surface area contributed by atoms with Crippen molar-refractivity contribution >= 4 is 5.91 Å². The average Bonchev–Trinajstić information content (AvgIpc) is 3.10. The van der Waals surface area contributed by atoms with Crippen LogP contribution in [0.5, 0.6) is 5.75 Å². The number of aliphatic hydroxyl groups is 1. The third-order valence-corrected chi connectivity index (χ3v) is 4.42. The molecule has 0 radical (unpaired) electrons. The lowest BCUT2D eigenvalue weighted by Gasteiger charge is -2.32. The van der Waals surface area contributed by atoms with Gasteiger partial charge in [0.2, 0.25) is 0 Å². The number of halogens is 2. The van der Waals surface area contributed by atoms with Crippen LogP contribution in [0.15, 0.2) is 36.5 Å². The molecule has 1 aromatic carbocycles. The number of carbonyl (C=O) groups is 1. The van der Waals surface area contributed by atoms with Gasteiger partial charge in [0, 0.05) is 30.8 Å². The fourth-order valence-corrected chi connectivity index (χ4v) is 3.21. The Morgan fingerprint density at radius 2 is 2.23 bits per heavy atom. The van der Waals surface area contributed by atoms with E-state index in [1.807, 2.05) is 12.3 Å². The van der Waals surface area contributed by atoms with Gasteiger partial charge in [-0.2, -0.15) is 13.9 Å². The number of ether oxygens (including phenoxy) is 1. The number of likely N-dealkylation sites (tertiary alicyclic amines) is 1. The van der Waals surface area contributed by atoms with Crippen LogP contribution < -0.4 is 4.74 Å². The summed E-state index contributed by atoms with van der Waals surface area (Å²) in [5, 5.41) is 13.4. The van der Waals surface area contributed by atoms with Crippen LogP contribution >= 0.6 is 0 Å². The molecular weight excluding hydrogens is 344 g/mol. The van der Waals surface area contributed by atoms with Gasteiger partial charge in [0.15, 0.2) is 0 Å². The number of aromatic nitrogens is 2. The molecule has 1 saturated heterocycles. The predicted octanol–water partition coefficient (Wildman–Crippen LogP) is 2.50. The number of aliphatic hydroxyl groups excluding tert-OH is 1. The van der Waals surface area contributed by atoms with E-state index in [0.29, 0.717) is 25.2 Å². The predicted molar refractivity (Wildman–Crippen MR) is 90.3 cm³/mol. The topological polar surface area (TPSA) is 67.6 Å². The summed E-state index contributed by atoms with van der Waals surface area (Å²) >= 11 is 0. The maximum Gasteiger partial charge on any atom is 0.387 e. The Balaban J connectivity index is 1.69. The minimum atomic E-state index is -2.92. The van der Waals surface area contributed by atoms with E-state index in [4.69, 9.17) is 5.11 Å². The highest BCUT2D eigenvalue weighted by atomic mass is 19.3. The van der Waals surface area contributed by atoms with Crippen LogP contribution in [-0.2, 0) is 6.54 Å². The molecule has 26 heavy (non-hydrogen) atoms. The van der Waals surface area contributed by atoms with E-state index in [2.05, 4.69) is 9.84 Å². The van der Waals surface area contributed by atoms with E-state index < -0.39 is 6.61 Å². The summed E-state index contributed by atoms with van der Waals surface area (Å²) in [7, 11) is 0. The molecule has 0 aliphatic carbocycles. The third-order valence-electron chi connectivity index (χ3n) is 4.42. The van der Waals surface area contributed by atoms with Crippen molar-refractivity contribution in [2.24, 2.45) is 0 Å². The van der Waals surface area contributed by atoms with Gasteiger partial charge < -0.3 is 14.7 Å². The first-order valence-corrected chi connectivity index (χ1v) is 8.55. The van der Waals surface area contributed by atoms with Crippen LogP contribution in [0.3, 0.4) is 0 Å². The Morgan fingerprint density at radius 1 is 1.38 bits per heavy atom. The number of alkyl halides is 2. The molecular formula is C18H21F2N3O3. The van der Waals surface area contributed by atoms with Crippen LogP contribution in [-0.4, -0.2) is 52.0 Å². The minimum absolute atomic E-state index is 0.0213. The molecule has 1 fully saturated rings. The largest absolute Gasteiger partial charge is 0.435 e. The normalized spacial score (nSPS) is 17.5. The summed E-state index contributed by atoms with van der Waals surface area (Å²) in [6.07, 6.45) is 3.59. The lowest BCUT2D eigenvalue weighted by molar-refractivity contribution is -0.0499. The van der Waals surface area contributed by atoms with Crippen LogP contribution in [0.25, 0.3) is 0 Å². The van der Waals surface area contributed by atoms with E-state index in [9.17, 15) is 13.6 Å².